The van der Waals surface area contributed by atoms with Gasteiger partial charge in [0.15, 0.2) is 10.7 Å². The smallest absolute Gasteiger partial charge is 0.291 e. The number of sulfonamides is 1. The van der Waals surface area contributed by atoms with Crippen molar-refractivity contribution in [3.63, 3.8) is 0 Å². The third-order valence-corrected chi connectivity index (χ3v) is 10.4. The monoisotopic (exact) mass is 629 g/mol. The maximum Gasteiger partial charge on any atom is 0.291 e. The average Bonchev–Trinajstić information content (AvgIpc) is 3.41. The molecule has 1 N–H and O–H groups in total. The average molecular weight is 630 g/mol. The van der Waals surface area contributed by atoms with Gasteiger partial charge in [-0.25, -0.2) is 27.2 Å². The van der Waals surface area contributed by atoms with Crippen molar-refractivity contribution in [3.8, 4) is 11.2 Å². The molecule has 43 heavy (non-hydrogen) atoms. The molecule has 1 aliphatic carbocycles. The topological polar surface area (TPSA) is 150 Å². The lowest BCUT2D eigenvalue weighted by Crippen LogP contribution is -2.59. The molecule has 2 aliphatic rings. The molecule has 4 aromatic rings. The number of rotatable bonds is 7. The number of halogens is 2. The summed E-state index contributed by atoms with van der Waals surface area (Å²) in [7, 11) is -4.09. The van der Waals surface area contributed by atoms with E-state index in [9.17, 15) is 27.3 Å². The van der Waals surface area contributed by atoms with E-state index >= 15 is 0 Å². The number of nitrogens with zero attached hydrogens (tertiary/aromatic N) is 8. The molecule has 1 aliphatic heterocycles. The molecular formula is C27H29F2N9O3S2. The van der Waals surface area contributed by atoms with Gasteiger partial charge in [0.05, 0.1) is 21.9 Å². The number of carbonyl (C=O) groups excluding carboxylic acids is 1. The van der Waals surface area contributed by atoms with E-state index in [0.29, 0.717) is 65.0 Å². The van der Waals surface area contributed by atoms with Gasteiger partial charge in [-0.15, -0.1) is 10.2 Å². The normalized spacial score (nSPS) is 20.3. The van der Waals surface area contributed by atoms with Crippen molar-refractivity contribution in [2.75, 3.05) is 18.0 Å². The highest BCUT2D eigenvalue weighted by molar-refractivity contribution is 7.89. The van der Waals surface area contributed by atoms with E-state index in [4.69, 9.17) is 0 Å². The molecule has 4 heterocycles. The molecule has 0 unspecified atom stereocenters. The van der Waals surface area contributed by atoms with E-state index < -0.39 is 27.0 Å². The van der Waals surface area contributed by atoms with Gasteiger partial charge in [0.25, 0.3) is 6.43 Å². The molecule has 0 spiro atoms. The number of carbonyl (C=O) groups is 1. The SMILES string of the molecule is CC(C)C(=O)N1C[C@H](C)N(c2ncnc3c2c2ccc(S(=O)(=O)NC4(C#N)CC4)cc2n3-c2nnc(C(F)F)s2)C[C@@H]1C. The van der Waals surface area contributed by atoms with Crippen LogP contribution in [0, 0.1) is 17.2 Å². The number of nitriles is 1. The van der Waals surface area contributed by atoms with Crippen LogP contribution in [0.4, 0.5) is 14.6 Å². The number of nitrogens with one attached hydrogen (secondary N) is 1. The van der Waals surface area contributed by atoms with Crippen LogP contribution < -0.4 is 9.62 Å². The highest BCUT2D eigenvalue weighted by Crippen LogP contribution is 2.40. The Hall–Kier alpha value is -3.81. The first-order valence-electron chi connectivity index (χ1n) is 13.8. The van der Waals surface area contributed by atoms with Crippen LogP contribution in [0.3, 0.4) is 0 Å². The number of benzene rings is 1. The Kier molecular flexibility index (Phi) is 7.09. The summed E-state index contributed by atoms with van der Waals surface area (Å²) in [6.07, 6.45) is -0.637. The van der Waals surface area contributed by atoms with Crippen LogP contribution in [-0.2, 0) is 14.8 Å². The van der Waals surface area contributed by atoms with Gasteiger partial charge in [-0.1, -0.05) is 31.3 Å². The summed E-state index contributed by atoms with van der Waals surface area (Å²) in [5, 5.41) is 17.9. The summed E-state index contributed by atoms with van der Waals surface area (Å²) in [6.45, 7) is 8.68. The molecule has 6 rings (SSSR count). The molecule has 226 valence electrons. The van der Waals surface area contributed by atoms with Crippen LogP contribution in [0.5, 0.6) is 0 Å². The first-order chi connectivity index (χ1) is 20.4. The second kappa shape index (κ2) is 10.4. The van der Waals surface area contributed by atoms with Gasteiger partial charge in [-0.2, -0.15) is 9.98 Å². The molecule has 0 bridgehead atoms. The van der Waals surface area contributed by atoms with Gasteiger partial charge >= 0.3 is 0 Å². The van der Waals surface area contributed by atoms with Gasteiger partial charge < -0.3 is 9.80 Å². The minimum absolute atomic E-state index is 0.0706. The number of amides is 1. The number of fused-ring (bicyclic) bond motifs is 3. The van der Waals surface area contributed by atoms with Crippen LogP contribution >= 0.6 is 11.3 Å². The summed E-state index contributed by atoms with van der Waals surface area (Å²) in [4.78, 5) is 25.8. The van der Waals surface area contributed by atoms with Crippen LogP contribution in [-0.4, -0.2) is 74.7 Å². The van der Waals surface area contributed by atoms with E-state index in [2.05, 4.69) is 29.8 Å². The zero-order chi connectivity index (χ0) is 30.8. The standard InChI is InChI=1S/C27H29F2N9O3S2/c1-14(2)25(39)37-11-15(3)36(10-16(37)4)22-20-18-6-5-17(43(40,41)35-27(12-30)7-8-27)9-19(18)38(23(20)32-13-31-22)26-34-33-24(42-26)21(28)29/h5-6,9,13-16,21,35H,7-8,10-11H2,1-4H3/t15-,16-/m0/s1. The van der Waals surface area contributed by atoms with Gasteiger partial charge in [-0.05, 0) is 38.8 Å². The molecule has 12 nitrogen and oxygen atoms in total. The van der Waals surface area contributed by atoms with E-state index in [1.54, 1.807) is 6.07 Å². The van der Waals surface area contributed by atoms with Gasteiger partial charge in [-0.3, -0.25) is 9.36 Å². The fourth-order valence-corrected chi connectivity index (χ4v) is 7.63. The maximum absolute atomic E-state index is 13.5. The van der Waals surface area contributed by atoms with Crippen molar-refractivity contribution >= 4 is 55.0 Å². The van der Waals surface area contributed by atoms with E-state index in [1.165, 1.54) is 23.0 Å². The molecule has 1 aromatic carbocycles. The molecule has 3 aromatic heterocycles. The highest BCUT2D eigenvalue weighted by atomic mass is 32.2. The van der Waals surface area contributed by atoms with Crippen LogP contribution in [0.25, 0.3) is 27.1 Å². The second-order valence-corrected chi connectivity index (χ2v) is 14.1. The lowest BCUT2D eigenvalue weighted by Gasteiger charge is -2.45. The van der Waals surface area contributed by atoms with E-state index in [-0.39, 0.29) is 33.9 Å². The lowest BCUT2D eigenvalue weighted by atomic mass is 10.0. The number of aromatic nitrogens is 5. The number of piperazine rings is 1. The summed E-state index contributed by atoms with van der Waals surface area (Å²) in [5.41, 5.74) is -0.431. The van der Waals surface area contributed by atoms with Gasteiger partial charge in [0.1, 0.15) is 17.7 Å². The maximum atomic E-state index is 13.5. The Balaban J connectivity index is 1.53. The molecule has 16 heteroatoms. The second-order valence-electron chi connectivity index (χ2n) is 11.4. The Labute approximate surface area is 250 Å². The third-order valence-electron chi connectivity index (χ3n) is 7.95. The van der Waals surface area contributed by atoms with Gasteiger partial charge in [0, 0.05) is 36.5 Å². The quantitative estimate of drug-likeness (QED) is 0.322. The molecule has 0 radical (unpaired) electrons. The van der Waals surface area contributed by atoms with Crippen molar-refractivity contribution in [2.24, 2.45) is 5.92 Å². The van der Waals surface area contributed by atoms with E-state index in [1.807, 2.05) is 38.7 Å². The first-order valence-corrected chi connectivity index (χ1v) is 16.1. The zero-order valence-corrected chi connectivity index (χ0v) is 25.5. The number of hydrogen-bond donors (Lipinski definition) is 1. The summed E-state index contributed by atoms with van der Waals surface area (Å²) in [6, 6.07) is 6.28. The van der Waals surface area contributed by atoms with Crippen molar-refractivity contribution in [1.82, 2.24) is 34.4 Å². The molecule has 1 saturated carbocycles. The summed E-state index contributed by atoms with van der Waals surface area (Å²) in [5.74, 6) is 0.498. The fraction of sp³-hybridized carbons (Fsp3) is 0.481. The zero-order valence-electron chi connectivity index (χ0n) is 23.8. The van der Waals surface area contributed by atoms with Crippen LogP contribution in [0.2, 0.25) is 0 Å². The van der Waals surface area contributed by atoms with Crippen LogP contribution in [0.1, 0.15) is 52.0 Å². The van der Waals surface area contributed by atoms with Gasteiger partial charge in [0.2, 0.25) is 21.1 Å². The largest absolute Gasteiger partial charge is 0.349 e. The Bertz CT molecular complexity index is 1900. The summed E-state index contributed by atoms with van der Waals surface area (Å²) >= 11 is 0.678. The third kappa shape index (κ3) is 4.98. The minimum atomic E-state index is -4.09. The number of hydrogen-bond acceptors (Lipinski definition) is 10. The first kappa shape index (κ1) is 29.3. The Morgan fingerprint density at radius 2 is 1.91 bits per heavy atom. The van der Waals surface area contributed by atoms with E-state index in [0.717, 1.165) is 0 Å². The fourth-order valence-electron chi connectivity index (χ4n) is 5.52. The number of alkyl halides is 2. The molecule has 1 amide bonds. The molecule has 2 fully saturated rings. The minimum Gasteiger partial charge on any atom is -0.349 e. The van der Waals surface area contributed by atoms with Crippen molar-refractivity contribution < 1.29 is 22.0 Å². The lowest BCUT2D eigenvalue weighted by molar-refractivity contribution is -0.137. The van der Waals surface area contributed by atoms with Crippen molar-refractivity contribution in [3.05, 3.63) is 29.5 Å². The number of anilines is 1. The highest BCUT2D eigenvalue weighted by Gasteiger charge is 2.47. The summed E-state index contributed by atoms with van der Waals surface area (Å²) < 4.78 is 57.7. The van der Waals surface area contributed by atoms with Crippen molar-refractivity contribution in [2.45, 2.75) is 69.5 Å². The molecule has 1 saturated heterocycles. The molecule has 2 atom stereocenters. The predicted octanol–water partition coefficient (Wildman–Crippen LogP) is 3.78. The Morgan fingerprint density at radius 3 is 2.53 bits per heavy atom. The molecular weight excluding hydrogens is 600 g/mol. The van der Waals surface area contributed by atoms with Crippen molar-refractivity contribution in [1.29, 1.82) is 5.26 Å². The Morgan fingerprint density at radius 1 is 1.16 bits per heavy atom. The predicted molar refractivity (Wildman–Crippen MR) is 156 cm³/mol. The van der Waals surface area contributed by atoms with Crippen LogP contribution in [0.15, 0.2) is 29.4 Å².